The number of nitrogens with one attached hydrogen (secondary N) is 1. The molecule has 110 valence electrons. The summed E-state index contributed by atoms with van der Waals surface area (Å²) in [5, 5.41) is 3.48. The lowest BCUT2D eigenvalue weighted by atomic mass is 9.75. The van der Waals surface area contributed by atoms with E-state index >= 15 is 0 Å². The lowest BCUT2D eigenvalue weighted by Crippen LogP contribution is -2.42. The van der Waals surface area contributed by atoms with Gasteiger partial charge in [0, 0.05) is 12.0 Å². The SMILES string of the molecule is CCCNC1COCC1C(=O)C1CCC(CC)CC1. The second-order valence-corrected chi connectivity index (χ2v) is 6.23. The molecule has 2 unspecified atom stereocenters. The predicted molar refractivity (Wildman–Crippen MR) is 77.1 cm³/mol. The van der Waals surface area contributed by atoms with Crippen molar-refractivity contribution in [1.29, 1.82) is 0 Å². The molecule has 3 heteroatoms. The molecule has 2 aliphatic rings. The summed E-state index contributed by atoms with van der Waals surface area (Å²) in [5.41, 5.74) is 0. The number of rotatable bonds is 6. The molecule has 0 spiro atoms. The highest BCUT2D eigenvalue weighted by Gasteiger charge is 2.38. The quantitative estimate of drug-likeness (QED) is 0.804. The molecule has 19 heavy (non-hydrogen) atoms. The van der Waals surface area contributed by atoms with Crippen molar-refractivity contribution >= 4 is 5.78 Å². The number of hydrogen-bond acceptors (Lipinski definition) is 3. The van der Waals surface area contributed by atoms with Gasteiger partial charge < -0.3 is 10.1 Å². The number of carbonyl (C=O) groups is 1. The molecule has 0 aromatic heterocycles. The van der Waals surface area contributed by atoms with Crippen molar-refractivity contribution < 1.29 is 9.53 Å². The highest BCUT2D eigenvalue weighted by molar-refractivity contribution is 5.84. The van der Waals surface area contributed by atoms with Crippen LogP contribution in [0.5, 0.6) is 0 Å². The summed E-state index contributed by atoms with van der Waals surface area (Å²) in [5.74, 6) is 1.74. The lowest BCUT2D eigenvalue weighted by Gasteiger charge is -2.29. The molecule has 3 nitrogen and oxygen atoms in total. The van der Waals surface area contributed by atoms with Gasteiger partial charge in [0.15, 0.2) is 0 Å². The van der Waals surface area contributed by atoms with E-state index in [2.05, 4.69) is 19.2 Å². The fourth-order valence-corrected chi connectivity index (χ4v) is 3.52. The van der Waals surface area contributed by atoms with Gasteiger partial charge in [-0.1, -0.05) is 20.3 Å². The Morgan fingerprint density at radius 1 is 1.16 bits per heavy atom. The molecule has 0 radical (unpaired) electrons. The van der Waals surface area contributed by atoms with Gasteiger partial charge in [0.05, 0.1) is 19.1 Å². The zero-order valence-electron chi connectivity index (χ0n) is 12.5. The third kappa shape index (κ3) is 3.79. The molecule has 1 aliphatic carbocycles. The van der Waals surface area contributed by atoms with Crippen LogP contribution in [0.2, 0.25) is 0 Å². The van der Waals surface area contributed by atoms with Crippen molar-refractivity contribution in [2.75, 3.05) is 19.8 Å². The zero-order valence-corrected chi connectivity index (χ0v) is 12.5. The monoisotopic (exact) mass is 267 g/mol. The first-order chi connectivity index (χ1) is 9.26. The summed E-state index contributed by atoms with van der Waals surface area (Å²) < 4.78 is 5.54. The Balaban J connectivity index is 1.85. The van der Waals surface area contributed by atoms with E-state index in [1.807, 2.05) is 0 Å². The minimum absolute atomic E-state index is 0.106. The summed E-state index contributed by atoms with van der Waals surface area (Å²) in [7, 11) is 0. The maximum Gasteiger partial charge on any atom is 0.142 e. The Bertz CT molecular complexity index is 284. The van der Waals surface area contributed by atoms with Gasteiger partial charge in [-0.05, 0) is 44.6 Å². The molecule has 2 fully saturated rings. The van der Waals surface area contributed by atoms with Gasteiger partial charge in [-0.2, -0.15) is 0 Å². The van der Waals surface area contributed by atoms with Crippen LogP contribution in [-0.4, -0.2) is 31.6 Å². The van der Waals surface area contributed by atoms with Crippen LogP contribution < -0.4 is 5.32 Å². The van der Waals surface area contributed by atoms with Crippen LogP contribution in [0.15, 0.2) is 0 Å². The molecule has 0 bridgehead atoms. The van der Waals surface area contributed by atoms with Gasteiger partial charge in [0.1, 0.15) is 5.78 Å². The molecule has 0 aromatic carbocycles. The first kappa shape index (κ1) is 15.0. The van der Waals surface area contributed by atoms with Crippen molar-refractivity contribution in [3.8, 4) is 0 Å². The minimum atomic E-state index is 0.106. The van der Waals surface area contributed by atoms with Gasteiger partial charge in [0.25, 0.3) is 0 Å². The summed E-state index contributed by atoms with van der Waals surface area (Å²) in [6, 6.07) is 0.261. The van der Waals surface area contributed by atoms with E-state index in [1.54, 1.807) is 0 Å². The van der Waals surface area contributed by atoms with Crippen LogP contribution in [-0.2, 0) is 9.53 Å². The minimum Gasteiger partial charge on any atom is -0.379 e. The second-order valence-electron chi connectivity index (χ2n) is 6.23. The Morgan fingerprint density at radius 2 is 1.89 bits per heavy atom. The highest BCUT2D eigenvalue weighted by Crippen LogP contribution is 2.33. The molecular weight excluding hydrogens is 238 g/mol. The van der Waals surface area contributed by atoms with Gasteiger partial charge in [-0.3, -0.25) is 4.79 Å². The largest absolute Gasteiger partial charge is 0.379 e. The molecule has 0 amide bonds. The summed E-state index contributed by atoms with van der Waals surface area (Å²) >= 11 is 0. The summed E-state index contributed by atoms with van der Waals surface area (Å²) in [6.45, 7) is 6.75. The lowest BCUT2D eigenvalue weighted by molar-refractivity contribution is -0.128. The van der Waals surface area contributed by atoms with E-state index in [9.17, 15) is 4.79 Å². The van der Waals surface area contributed by atoms with Gasteiger partial charge in [-0.15, -0.1) is 0 Å². The van der Waals surface area contributed by atoms with Crippen LogP contribution in [0.25, 0.3) is 0 Å². The van der Waals surface area contributed by atoms with Gasteiger partial charge >= 0.3 is 0 Å². The third-order valence-electron chi connectivity index (χ3n) is 4.93. The Hall–Kier alpha value is -0.410. The second kappa shape index (κ2) is 7.39. The van der Waals surface area contributed by atoms with Crippen molar-refractivity contribution in [1.82, 2.24) is 5.32 Å². The smallest absolute Gasteiger partial charge is 0.142 e. The molecule has 1 saturated heterocycles. The maximum absolute atomic E-state index is 12.6. The number of Topliss-reactive ketones (excluding diaryl/α,β-unsaturated/α-hetero) is 1. The average Bonchev–Trinajstić information content (AvgIpc) is 2.92. The van der Waals surface area contributed by atoms with Crippen molar-refractivity contribution in [2.24, 2.45) is 17.8 Å². The van der Waals surface area contributed by atoms with Gasteiger partial charge in [0.2, 0.25) is 0 Å². The van der Waals surface area contributed by atoms with Crippen molar-refractivity contribution in [3.63, 3.8) is 0 Å². The van der Waals surface area contributed by atoms with E-state index < -0.39 is 0 Å². The van der Waals surface area contributed by atoms with E-state index in [0.717, 1.165) is 31.7 Å². The molecule has 0 aromatic rings. The Morgan fingerprint density at radius 3 is 2.53 bits per heavy atom. The standard InChI is InChI=1S/C16H29NO2/c1-3-9-17-15-11-19-10-14(15)16(18)13-7-5-12(4-2)6-8-13/h12-15,17H,3-11H2,1-2H3. The van der Waals surface area contributed by atoms with E-state index in [4.69, 9.17) is 4.74 Å². The predicted octanol–water partition coefficient (Wildman–Crippen LogP) is 2.79. The molecule has 1 N–H and O–H groups in total. The summed E-state index contributed by atoms with van der Waals surface area (Å²) in [6.07, 6.45) is 7.08. The third-order valence-corrected chi connectivity index (χ3v) is 4.93. The first-order valence-corrected chi connectivity index (χ1v) is 8.11. The van der Waals surface area contributed by atoms with Gasteiger partial charge in [-0.25, -0.2) is 0 Å². The van der Waals surface area contributed by atoms with Crippen molar-refractivity contribution in [2.45, 2.75) is 58.4 Å². The molecular formula is C16H29NO2. The normalized spacial score (nSPS) is 35.5. The zero-order chi connectivity index (χ0) is 13.7. The number of carbonyl (C=O) groups excluding carboxylic acids is 1. The van der Waals surface area contributed by atoms with Crippen LogP contribution >= 0.6 is 0 Å². The highest BCUT2D eigenvalue weighted by atomic mass is 16.5. The van der Waals surface area contributed by atoms with Crippen molar-refractivity contribution in [3.05, 3.63) is 0 Å². The van der Waals surface area contributed by atoms with Crippen LogP contribution in [0, 0.1) is 17.8 Å². The van der Waals surface area contributed by atoms with Crippen LogP contribution in [0.1, 0.15) is 52.4 Å². The molecule has 2 atom stereocenters. The fourth-order valence-electron chi connectivity index (χ4n) is 3.52. The van der Waals surface area contributed by atoms with E-state index in [0.29, 0.717) is 24.9 Å². The average molecular weight is 267 g/mol. The molecule has 1 heterocycles. The van der Waals surface area contributed by atoms with Crippen LogP contribution in [0.3, 0.4) is 0 Å². The Labute approximate surface area is 117 Å². The number of ketones is 1. The van der Waals surface area contributed by atoms with E-state index in [-0.39, 0.29) is 12.0 Å². The molecule has 2 rings (SSSR count). The topological polar surface area (TPSA) is 38.3 Å². The van der Waals surface area contributed by atoms with Crippen LogP contribution in [0.4, 0.5) is 0 Å². The molecule has 1 aliphatic heterocycles. The number of ether oxygens (including phenoxy) is 1. The molecule has 1 saturated carbocycles. The van der Waals surface area contributed by atoms with E-state index in [1.165, 1.54) is 19.3 Å². The summed E-state index contributed by atoms with van der Waals surface area (Å²) in [4.78, 5) is 12.6. The fraction of sp³-hybridized carbons (Fsp3) is 0.938. The number of hydrogen-bond donors (Lipinski definition) is 1. The maximum atomic E-state index is 12.6. The first-order valence-electron chi connectivity index (χ1n) is 8.11. The Kier molecular flexibility index (Phi) is 5.83.